The third kappa shape index (κ3) is 1.50. The van der Waals surface area contributed by atoms with Crippen molar-refractivity contribution in [3.8, 4) is 11.5 Å². The van der Waals surface area contributed by atoms with Gasteiger partial charge in [0, 0.05) is 0 Å². The standard InChI is InChI=1S/C20H15BO/c1-13-10-11-15-12-14-6-2-3-7-16(14)21-17-8-4-5-9-18(17)22-20(13)19(15)21/h2-11H,12H2,1H3/i2D,3D,4D,5D,6D,7D,8D,9D,10D,11D. The van der Waals surface area contributed by atoms with Crippen molar-refractivity contribution in [2.75, 3.05) is 0 Å². The summed E-state index contributed by atoms with van der Waals surface area (Å²) in [5, 5.41) is 0. The van der Waals surface area contributed by atoms with Gasteiger partial charge < -0.3 is 4.74 Å². The Labute approximate surface area is 144 Å². The fourth-order valence-corrected chi connectivity index (χ4v) is 3.25. The summed E-state index contributed by atoms with van der Waals surface area (Å²) in [5.74, 6) is 0.0848. The highest BCUT2D eigenvalue weighted by Gasteiger charge is 2.38. The van der Waals surface area contributed by atoms with Crippen molar-refractivity contribution in [3.05, 3.63) is 77.1 Å². The molecule has 0 unspecified atom stereocenters. The molecule has 3 aromatic rings. The maximum atomic E-state index is 8.58. The van der Waals surface area contributed by atoms with E-state index in [-0.39, 0.29) is 64.6 Å². The van der Waals surface area contributed by atoms with E-state index in [0.717, 1.165) is 0 Å². The van der Waals surface area contributed by atoms with E-state index in [2.05, 4.69) is 0 Å². The molecule has 0 bridgehead atoms. The topological polar surface area (TPSA) is 9.23 Å². The van der Waals surface area contributed by atoms with Crippen LogP contribution in [-0.4, -0.2) is 6.71 Å². The molecule has 104 valence electrons. The van der Waals surface area contributed by atoms with Crippen LogP contribution in [0, 0.1) is 6.92 Å². The molecule has 0 saturated carbocycles. The molecule has 2 aliphatic heterocycles. The Morgan fingerprint density at radius 2 is 1.68 bits per heavy atom. The summed E-state index contributed by atoms with van der Waals surface area (Å²) in [7, 11) is 0. The van der Waals surface area contributed by atoms with Gasteiger partial charge in [0.25, 0.3) is 6.71 Å². The van der Waals surface area contributed by atoms with Crippen LogP contribution in [0.2, 0.25) is 0 Å². The van der Waals surface area contributed by atoms with Gasteiger partial charge in [0.15, 0.2) is 0 Å². The van der Waals surface area contributed by atoms with E-state index in [4.69, 9.17) is 18.4 Å². The zero-order chi connectivity index (χ0) is 23.4. The van der Waals surface area contributed by atoms with Gasteiger partial charge in [0.2, 0.25) is 0 Å². The Hall–Kier alpha value is -2.48. The van der Waals surface area contributed by atoms with E-state index in [1.165, 1.54) is 0 Å². The molecule has 3 aromatic carbocycles. The normalized spacial score (nSPS) is 20.1. The molecular weight excluding hydrogens is 267 g/mol. The maximum absolute atomic E-state index is 8.58. The molecule has 1 nitrogen and oxygen atoms in total. The fourth-order valence-electron chi connectivity index (χ4n) is 3.25. The summed E-state index contributed by atoms with van der Waals surface area (Å²) >= 11 is 0. The third-order valence-electron chi connectivity index (χ3n) is 4.21. The number of fused-ring (bicyclic) bond motifs is 4. The number of hydrogen-bond acceptors (Lipinski definition) is 1. The highest BCUT2D eigenvalue weighted by molar-refractivity contribution is 6.97. The minimum Gasteiger partial charge on any atom is -0.458 e. The Morgan fingerprint density at radius 3 is 2.59 bits per heavy atom. The Bertz CT molecular complexity index is 1260. The van der Waals surface area contributed by atoms with Crippen molar-refractivity contribution in [1.82, 2.24) is 0 Å². The molecule has 0 amide bonds. The number of para-hydroxylation sites is 1. The van der Waals surface area contributed by atoms with Crippen LogP contribution in [0.3, 0.4) is 0 Å². The molecular formula is C20H15BO. The van der Waals surface area contributed by atoms with Gasteiger partial charge in [-0.25, -0.2) is 0 Å². The van der Waals surface area contributed by atoms with Gasteiger partial charge in [-0.1, -0.05) is 59.8 Å². The number of rotatable bonds is 0. The molecule has 0 spiro atoms. The number of benzene rings is 3. The molecule has 22 heavy (non-hydrogen) atoms. The van der Waals surface area contributed by atoms with Crippen molar-refractivity contribution in [2.24, 2.45) is 0 Å². The molecule has 0 fully saturated rings. The first-order chi connectivity index (χ1) is 15.0. The van der Waals surface area contributed by atoms with Crippen LogP contribution in [0.25, 0.3) is 0 Å². The smallest absolute Gasteiger partial charge is 0.251 e. The van der Waals surface area contributed by atoms with Crippen molar-refractivity contribution in [1.29, 1.82) is 0 Å². The lowest BCUT2D eigenvalue weighted by molar-refractivity contribution is 0.483. The lowest BCUT2D eigenvalue weighted by Crippen LogP contribution is -2.59. The summed E-state index contributed by atoms with van der Waals surface area (Å²) in [4.78, 5) is 0. The number of hydrogen-bond donors (Lipinski definition) is 0. The molecule has 0 atom stereocenters. The van der Waals surface area contributed by atoms with Crippen molar-refractivity contribution in [3.63, 3.8) is 0 Å². The average molecular weight is 292 g/mol. The van der Waals surface area contributed by atoms with Gasteiger partial charge in [0.05, 0.1) is 13.7 Å². The summed E-state index contributed by atoms with van der Waals surface area (Å²) < 4.78 is 89.2. The Kier molecular flexibility index (Phi) is 1.16. The second-order valence-electron chi connectivity index (χ2n) is 5.44. The Balaban J connectivity index is 2.03. The zero-order valence-electron chi connectivity index (χ0n) is 21.7. The van der Waals surface area contributed by atoms with E-state index >= 15 is 0 Å². The van der Waals surface area contributed by atoms with Gasteiger partial charge in [0.1, 0.15) is 11.5 Å². The van der Waals surface area contributed by atoms with Gasteiger partial charge >= 0.3 is 0 Å². The van der Waals surface area contributed by atoms with Gasteiger partial charge in [-0.15, -0.1) is 0 Å². The maximum Gasteiger partial charge on any atom is 0.251 e. The summed E-state index contributed by atoms with van der Waals surface area (Å²) in [6, 6.07) is -3.29. The quantitative estimate of drug-likeness (QED) is 0.399. The van der Waals surface area contributed by atoms with Gasteiger partial charge in [-0.3, -0.25) is 0 Å². The lowest BCUT2D eigenvalue weighted by atomic mass is 9.32. The molecule has 0 aromatic heterocycles. The van der Waals surface area contributed by atoms with Crippen molar-refractivity contribution in [2.45, 2.75) is 13.3 Å². The average Bonchev–Trinajstić information content (AvgIpc) is 2.79. The molecule has 0 N–H and O–H groups in total. The predicted molar refractivity (Wildman–Crippen MR) is 91.6 cm³/mol. The first kappa shape index (κ1) is 5.96. The second-order valence-corrected chi connectivity index (χ2v) is 5.44. The van der Waals surface area contributed by atoms with E-state index in [1.54, 1.807) is 6.92 Å². The molecule has 2 heterocycles. The van der Waals surface area contributed by atoms with Crippen LogP contribution in [0.1, 0.15) is 30.4 Å². The monoisotopic (exact) mass is 292 g/mol. The minimum atomic E-state index is -0.974. The first-order valence-electron chi connectivity index (χ1n) is 12.0. The van der Waals surface area contributed by atoms with Crippen LogP contribution in [0.4, 0.5) is 0 Å². The largest absolute Gasteiger partial charge is 0.458 e. The zero-order valence-corrected chi connectivity index (χ0v) is 11.7. The Morgan fingerprint density at radius 1 is 0.909 bits per heavy atom. The predicted octanol–water partition coefficient (Wildman–Crippen LogP) is 2.52. The second kappa shape index (κ2) is 4.26. The minimum absolute atomic E-state index is 0.0000519. The summed E-state index contributed by atoms with van der Waals surface area (Å²) in [6.07, 6.45) is 0.0000519. The van der Waals surface area contributed by atoms with E-state index in [9.17, 15) is 0 Å². The first-order valence-corrected chi connectivity index (χ1v) is 6.98. The van der Waals surface area contributed by atoms with Crippen molar-refractivity contribution < 1.29 is 18.4 Å². The van der Waals surface area contributed by atoms with Crippen LogP contribution < -0.4 is 21.1 Å². The molecule has 0 saturated heterocycles. The highest BCUT2D eigenvalue weighted by atomic mass is 16.5. The highest BCUT2D eigenvalue weighted by Crippen LogP contribution is 2.31. The van der Waals surface area contributed by atoms with E-state index in [0.29, 0.717) is 16.6 Å². The lowest BCUT2D eigenvalue weighted by Gasteiger charge is -2.34. The summed E-state index contributed by atoms with van der Waals surface area (Å²) in [5.41, 5.74) is 1.69. The molecule has 5 rings (SSSR count). The van der Waals surface area contributed by atoms with E-state index in [1.807, 2.05) is 0 Å². The van der Waals surface area contributed by atoms with Crippen LogP contribution in [0.15, 0.2) is 60.4 Å². The van der Waals surface area contributed by atoms with Crippen molar-refractivity contribution >= 4 is 23.1 Å². The summed E-state index contributed by atoms with van der Waals surface area (Å²) in [6.45, 7) is 0.623. The van der Waals surface area contributed by atoms with Gasteiger partial charge in [-0.05, 0) is 47.0 Å². The molecule has 0 aliphatic carbocycles. The molecule has 2 heteroatoms. The SMILES string of the molecule is [2H]c1c([2H])c([2H])c2c(c1[2H])Cc1c([2H])c([2H])c(C)c3c1B2c1c([2H])c([2H])c([2H])c([2H])c1O3. The molecule has 2 aliphatic rings. The van der Waals surface area contributed by atoms with E-state index < -0.39 is 36.9 Å². The fraction of sp³-hybridized carbons (Fsp3) is 0.100. The van der Waals surface area contributed by atoms with Crippen LogP contribution in [0.5, 0.6) is 11.5 Å². The van der Waals surface area contributed by atoms with Crippen LogP contribution >= 0.6 is 0 Å². The van der Waals surface area contributed by atoms with Crippen LogP contribution in [-0.2, 0) is 6.42 Å². The molecule has 0 radical (unpaired) electrons. The van der Waals surface area contributed by atoms with Gasteiger partial charge in [-0.2, -0.15) is 0 Å². The third-order valence-corrected chi connectivity index (χ3v) is 4.21. The number of ether oxygens (including phenoxy) is 1.